The molecule has 0 aliphatic carbocycles. The van der Waals surface area contributed by atoms with E-state index in [9.17, 15) is 0 Å². The number of rotatable bonds is 2. The summed E-state index contributed by atoms with van der Waals surface area (Å²) in [5.41, 5.74) is 8.98. The van der Waals surface area contributed by atoms with Crippen LogP contribution in [0.2, 0.25) is 0 Å². The molecule has 0 amide bonds. The second kappa shape index (κ2) is 9.17. The minimum atomic E-state index is 0.742. The molecule has 130 valence electrons. The highest BCUT2D eigenvalue weighted by molar-refractivity contribution is 6.03. The zero-order valence-corrected chi connectivity index (χ0v) is 16.1. The average molecular weight is 332 g/mol. The van der Waals surface area contributed by atoms with E-state index >= 15 is 0 Å². The second-order valence-electron chi connectivity index (χ2n) is 6.30. The molecule has 2 aromatic rings. The fourth-order valence-corrected chi connectivity index (χ4v) is 2.97. The molecule has 2 aromatic carbocycles. The topological polar surface area (TPSA) is 12.4 Å². The maximum absolute atomic E-state index is 4.77. The van der Waals surface area contributed by atoms with Crippen LogP contribution in [0.15, 0.2) is 71.2 Å². The number of benzene rings is 2. The van der Waals surface area contributed by atoms with E-state index in [4.69, 9.17) is 4.99 Å². The lowest BCUT2D eigenvalue weighted by Gasteiger charge is -2.15. The van der Waals surface area contributed by atoms with Crippen molar-refractivity contribution in [1.29, 1.82) is 0 Å². The maximum atomic E-state index is 4.77. The quantitative estimate of drug-likeness (QED) is 0.591. The number of hydrogen-bond acceptors (Lipinski definition) is 1. The van der Waals surface area contributed by atoms with Crippen molar-refractivity contribution in [2.45, 2.75) is 41.0 Å². The number of nitrogens with zero attached hydrogens (tertiary/aromatic N) is 1. The number of aryl methyl sites for hydroxylation is 2. The van der Waals surface area contributed by atoms with Crippen molar-refractivity contribution in [1.82, 2.24) is 0 Å². The third kappa shape index (κ3) is 5.03. The fraction of sp³-hybridized carbons (Fsp3) is 0.292. The predicted octanol–water partition coefficient (Wildman–Crippen LogP) is 6.55. The monoisotopic (exact) mass is 331 g/mol. The molecule has 0 fully saturated rings. The molecule has 0 spiro atoms. The first-order valence-electron chi connectivity index (χ1n) is 9.17. The van der Waals surface area contributed by atoms with E-state index < -0.39 is 0 Å². The van der Waals surface area contributed by atoms with Gasteiger partial charge in [0.1, 0.15) is 0 Å². The van der Waals surface area contributed by atoms with Gasteiger partial charge in [0.25, 0.3) is 0 Å². The van der Waals surface area contributed by atoms with Gasteiger partial charge in [0.2, 0.25) is 0 Å². The molecule has 0 radical (unpaired) electrons. The van der Waals surface area contributed by atoms with Crippen LogP contribution in [-0.4, -0.2) is 12.3 Å². The van der Waals surface area contributed by atoms with Gasteiger partial charge in [-0.2, -0.15) is 0 Å². The van der Waals surface area contributed by atoms with Crippen LogP contribution in [0, 0.1) is 13.8 Å². The third-order valence-corrected chi connectivity index (χ3v) is 4.28. The lowest BCUT2D eigenvalue weighted by molar-refractivity contribution is 1.16. The molecule has 3 rings (SSSR count). The molecule has 0 saturated heterocycles. The van der Waals surface area contributed by atoms with Gasteiger partial charge in [0.15, 0.2) is 0 Å². The molecule has 1 heterocycles. The van der Waals surface area contributed by atoms with Gasteiger partial charge in [-0.15, -0.1) is 0 Å². The van der Waals surface area contributed by atoms with Gasteiger partial charge in [-0.1, -0.05) is 91.2 Å². The van der Waals surface area contributed by atoms with Crippen LogP contribution in [0.1, 0.15) is 49.4 Å². The first-order valence-corrected chi connectivity index (χ1v) is 9.17. The van der Waals surface area contributed by atoms with Crippen molar-refractivity contribution in [3.63, 3.8) is 0 Å². The molecular weight excluding hydrogens is 302 g/mol. The fourth-order valence-electron chi connectivity index (χ4n) is 2.97. The summed E-state index contributed by atoms with van der Waals surface area (Å²) in [6, 6.07) is 17.4. The summed E-state index contributed by atoms with van der Waals surface area (Å²) in [4.78, 5) is 4.77. The van der Waals surface area contributed by atoms with Crippen molar-refractivity contribution < 1.29 is 0 Å². The SMILES string of the molecule is CC.CC1=C(c2cccc(C)c2)/C=C/CN=C(c2ccc(C)cc2)C1. The number of aliphatic imine (C=N–C) groups is 1. The van der Waals surface area contributed by atoms with Crippen LogP contribution in [0.4, 0.5) is 0 Å². The summed E-state index contributed by atoms with van der Waals surface area (Å²) in [6.07, 6.45) is 5.28. The Morgan fingerprint density at radius 3 is 2.20 bits per heavy atom. The van der Waals surface area contributed by atoms with Crippen LogP contribution in [0.5, 0.6) is 0 Å². The van der Waals surface area contributed by atoms with Gasteiger partial charge in [0.05, 0.1) is 6.54 Å². The minimum Gasteiger partial charge on any atom is -0.285 e. The maximum Gasteiger partial charge on any atom is 0.0577 e. The molecule has 1 nitrogen and oxygen atoms in total. The lowest BCUT2D eigenvalue weighted by atomic mass is 9.93. The van der Waals surface area contributed by atoms with Crippen molar-refractivity contribution in [2.24, 2.45) is 4.99 Å². The summed E-state index contributed by atoms with van der Waals surface area (Å²) in [5, 5.41) is 0. The summed E-state index contributed by atoms with van der Waals surface area (Å²) in [6.45, 7) is 11.2. The second-order valence-corrected chi connectivity index (χ2v) is 6.30. The molecule has 1 aliphatic rings. The summed E-state index contributed by atoms with van der Waals surface area (Å²) in [5.74, 6) is 0. The Kier molecular flexibility index (Phi) is 6.94. The van der Waals surface area contributed by atoms with Gasteiger partial charge in [-0.25, -0.2) is 0 Å². The third-order valence-electron chi connectivity index (χ3n) is 4.28. The molecule has 0 saturated carbocycles. The zero-order valence-electron chi connectivity index (χ0n) is 16.1. The molecule has 0 N–H and O–H groups in total. The Morgan fingerprint density at radius 1 is 0.800 bits per heavy atom. The molecule has 25 heavy (non-hydrogen) atoms. The zero-order chi connectivity index (χ0) is 18.2. The van der Waals surface area contributed by atoms with E-state index in [0.29, 0.717) is 0 Å². The van der Waals surface area contributed by atoms with E-state index in [1.54, 1.807) is 0 Å². The highest BCUT2D eigenvalue weighted by atomic mass is 14.7. The van der Waals surface area contributed by atoms with Crippen LogP contribution in [0.3, 0.4) is 0 Å². The average Bonchev–Trinajstić information content (AvgIpc) is 2.61. The number of hydrogen-bond donors (Lipinski definition) is 0. The lowest BCUT2D eigenvalue weighted by Crippen LogP contribution is -2.05. The minimum absolute atomic E-state index is 0.742. The van der Waals surface area contributed by atoms with Gasteiger partial charge >= 0.3 is 0 Å². The van der Waals surface area contributed by atoms with Gasteiger partial charge < -0.3 is 0 Å². The molecule has 0 bridgehead atoms. The summed E-state index contributed by atoms with van der Waals surface area (Å²) >= 11 is 0. The van der Waals surface area contributed by atoms with Crippen LogP contribution in [-0.2, 0) is 0 Å². The molecular formula is C24H29N. The Bertz CT molecular complexity index is 789. The Balaban J connectivity index is 0.00000109. The first kappa shape index (κ1) is 18.9. The molecule has 0 unspecified atom stereocenters. The van der Waals surface area contributed by atoms with Crippen LogP contribution >= 0.6 is 0 Å². The number of allylic oxidation sites excluding steroid dienone is 3. The van der Waals surface area contributed by atoms with Gasteiger partial charge in [-0.3, -0.25) is 4.99 Å². The van der Waals surface area contributed by atoms with Gasteiger partial charge in [0, 0.05) is 12.1 Å². The van der Waals surface area contributed by atoms with E-state index in [1.807, 2.05) is 13.8 Å². The normalized spacial score (nSPS) is 15.5. The molecule has 0 atom stereocenters. The van der Waals surface area contributed by atoms with E-state index in [1.165, 1.54) is 39.1 Å². The smallest absolute Gasteiger partial charge is 0.0577 e. The van der Waals surface area contributed by atoms with Crippen molar-refractivity contribution in [2.75, 3.05) is 6.54 Å². The van der Waals surface area contributed by atoms with E-state index in [-0.39, 0.29) is 0 Å². The van der Waals surface area contributed by atoms with Crippen LogP contribution in [0.25, 0.3) is 5.57 Å². The molecule has 1 heteroatoms. The largest absolute Gasteiger partial charge is 0.285 e. The Hall–Kier alpha value is -2.41. The van der Waals surface area contributed by atoms with Crippen molar-refractivity contribution in [3.8, 4) is 0 Å². The van der Waals surface area contributed by atoms with E-state index in [2.05, 4.69) is 81.5 Å². The summed E-state index contributed by atoms with van der Waals surface area (Å²) < 4.78 is 0. The van der Waals surface area contributed by atoms with Crippen molar-refractivity contribution in [3.05, 3.63) is 88.5 Å². The highest BCUT2D eigenvalue weighted by Crippen LogP contribution is 2.26. The molecule has 0 aromatic heterocycles. The van der Waals surface area contributed by atoms with Crippen LogP contribution < -0.4 is 0 Å². The molecule has 1 aliphatic heterocycles. The van der Waals surface area contributed by atoms with Crippen molar-refractivity contribution >= 4 is 11.3 Å². The Labute approximate surface area is 152 Å². The predicted molar refractivity (Wildman–Crippen MR) is 111 cm³/mol. The highest BCUT2D eigenvalue weighted by Gasteiger charge is 2.10. The summed E-state index contributed by atoms with van der Waals surface area (Å²) in [7, 11) is 0. The first-order chi connectivity index (χ1) is 12.1. The Morgan fingerprint density at radius 2 is 1.52 bits per heavy atom. The standard InChI is InChI=1S/C22H23N.C2H6/c1-16-9-11-19(12-10-16)22-15-18(3)21(8-5-13-23-22)20-7-4-6-17(2)14-20;1-2/h4-12,14H,13,15H2,1-3H3;1-2H3/b8-5+,21-18?,23-22?;. The van der Waals surface area contributed by atoms with E-state index in [0.717, 1.165) is 13.0 Å². The van der Waals surface area contributed by atoms with Gasteiger partial charge in [-0.05, 0) is 37.5 Å².